The zero-order valence-electron chi connectivity index (χ0n) is 11.0. The third kappa shape index (κ3) is 3.21. The van der Waals surface area contributed by atoms with Crippen molar-refractivity contribution in [2.75, 3.05) is 19.7 Å². The Morgan fingerprint density at radius 3 is 3.16 bits per heavy atom. The Morgan fingerprint density at radius 2 is 2.42 bits per heavy atom. The van der Waals surface area contributed by atoms with Crippen LogP contribution < -0.4 is 0 Å². The second-order valence-electron chi connectivity index (χ2n) is 4.88. The first-order valence-corrected chi connectivity index (χ1v) is 6.53. The second kappa shape index (κ2) is 5.54. The Balaban J connectivity index is 1.55. The molecule has 1 aliphatic heterocycles. The van der Waals surface area contributed by atoms with Crippen LogP contribution in [0.5, 0.6) is 0 Å². The van der Waals surface area contributed by atoms with Gasteiger partial charge in [0.25, 0.3) is 0 Å². The summed E-state index contributed by atoms with van der Waals surface area (Å²) in [7, 11) is 0. The van der Waals surface area contributed by atoms with Gasteiger partial charge in [0.15, 0.2) is 0 Å². The molecule has 3 heterocycles. The third-order valence-corrected chi connectivity index (χ3v) is 3.24. The van der Waals surface area contributed by atoms with Gasteiger partial charge < -0.3 is 9.26 Å². The average Bonchev–Trinajstić information content (AvgIpc) is 3.02. The molecule has 102 valence electrons. The van der Waals surface area contributed by atoms with Crippen LogP contribution in [0.2, 0.25) is 0 Å². The van der Waals surface area contributed by atoms with Crippen molar-refractivity contribution >= 4 is 0 Å². The first-order valence-electron chi connectivity index (χ1n) is 6.53. The fraction of sp³-hybridized carbons (Fsp3) is 0.538. The molecule has 1 unspecified atom stereocenters. The maximum atomic E-state index is 5.78. The van der Waals surface area contributed by atoms with Crippen molar-refractivity contribution in [3.63, 3.8) is 0 Å². The average molecular weight is 262 g/mol. The van der Waals surface area contributed by atoms with Gasteiger partial charge in [0, 0.05) is 38.1 Å². The fourth-order valence-electron chi connectivity index (χ4n) is 2.37. The first-order chi connectivity index (χ1) is 9.29. The molecule has 0 amide bonds. The number of aryl methyl sites for hydroxylation is 1. The quantitative estimate of drug-likeness (QED) is 0.825. The molecule has 1 saturated heterocycles. The van der Waals surface area contributed by atoms with Gasteiger partial charge in [-0.2, -0.15) is 5.10 Å². The van der Waals surface area contributed by atoms with E-state index in [1.165, 1.54) is 0 Å². The number of hydrogen-bond donors (Lipinski definition) is 0. The Bertz CT molecular complexity index is 508. The van der Waals surface area contributed by atoms with E-state index in [0.717, 1.165) is 44.2 Å². The topological polar surface area (TPSA) is 56.3 Å². The normalized spacial score (nSPS) is 20.8. The third-order valence-electron chi connectivity index (χ3n) is 3.24. The van der Waals surface area contributed by atoms with Gasteiger partial charge in [-0.3, -0.25) is 9.58 Å². The van der Waals surface area contributed by atoms with Crippen LogP contribution in [0.1, 0.15) is 11.5 Å². The molecule has 6 nitrogen and oxygen atoms in total. The minimum atomic E-state index is 0.182. The van der Waals surface area contributed by atoms with Crippen molar-refractivity contribution in [1.82, 2.24) is 19.8 Å². The molecule has 1 atom stereocenters. The largest absolute Gasteiger partial charge is 0.374 e. The second-order valence-corrected chi connectivity index (χ2v) is 4.88. The predicted octanol–water partition coefficient (Wildman–Crippen LogP) is 1.08. The molecule has 0 spiro atoms. The van der Waals surface area contributed by atoms with E-state index in [1.54, 1.807) is 6.20 Å². The van der Waals surface area contributed by atoms with E-state index in [1.807, 2.05) is 29.9 Å². The maximum Gasteiger partial charge on any atom is 0.133 e. The number of aromatic nitrogens is 3. The minimum Gasteiger partial charge on any atom is -0.374 e. The summed E-state index contributed by atoms with van der Waals surface area (Å²) in [5.41, 5.74) is 0.984. The summed E-state index contributed by atoms with van der Waals surface area (Å²) in [4.78, 5) is 2.34. The standard InChI is InChI=1S/C13H18N4O2/c1-11-7-12(15-19-11)8-16-5-6-18-13(9-16)10-17-4-2-3-14-17/h2-4,7,13H,5-6,8-10H2,1H3. The zero-order chi connectivity index (χ0) is 13.1. The predicted molar refractivity (Wildman–Crippen MR) is 68.5 cm³/mol. The van der Waals surface area contributed by atoms with E-state index in [0.29, 0.717) is 0 Å². The highest BCUT2D eigenvalue weighted by Crippen LogP contribution is 2.11. The van der Waals surface area contributed by atoms with Gasteiger partial charge in [0.05, 0.1) is 24.9 Å². The van der Waals surface area contributed by atoms with Gasteiger partial charge >= 0.3 is 0 Å². The Labute approximate surface area is 111 Å². The highest BCUT2D eigenvalue weighted by Gasteiger charge is 2.21. The SMILES string of the molecule is Cc1cc(CN2CCOC(Cn3cccn3)C2)no1. The summed E-state index contributed by atoms with van der Waals surface area (Å²) in [6.45, 7) is 6.10. The molecule has 1 fully saturated rings. The van der Waals surface area contributed by atoms with Crippen LogP contribution in [0, 0.1) is 6.92 Å². The van der Waals surface area contributed by atoms with Crippen LogP contribution >= 0.6 is 0 Å². The molecule has 3 rings (SSSR count). The number of ether oxygens (including phenoxy) is 1. The molecule has 0 N–H and O–H groups in total. The first kappa shape index (κ1) is 12.4. The van der Waals surface area contributed by atoms with E-state index < -0.39 is 0 Å². The Hall–Kier alpha value is -1.66. The van der Waals surface area contributed by atoms with E-state index >= 15 is 0 Å². The van der Waals surface area contributed by atoms with Gasteiger partial charge in [-0.25, -0.2) is 0 Å². The van der Waals surface area contributed by atoms with Crippen LogP contribution in [0.15, 0.2) is 29.0 Å². The monoisotopic (exact) mass is 262 g/mol. The summed E-state index contributed by atoms with van der Waals surface area (Å²) in [6, 6.07) is 3.91. The number of hydrogen-bond acceptors (Lipinski definition) is 5. The molecule has 0 bridgehead atoms. The molecular formula is C13H18N4O2. The van der Waals surface area contributed by atoms with E-state index in [9.17, 15) is 0 Å². The van der Waals surface area contributed by atoms with Crippen molar-refractivity contribution in [1.29, 1.82) is 0 Å². The van der Waals surface area contributed by atoms with Crippen molar-refractivity contribution in [2.45, 2.75) is 26.1 Å². The van der Waals surface area contributed by atoms with E-state index in [-0.39, 0.29) is 6.10 Å². The lowest BCUT2D eigenvalue weighted by Crippen LogP contribution is -2.43. The molecule has 6 heteroatoms. The Kier molecular flexibility index (Phi) is 3.61. The lowest BCUT2D eigenvalue weighted by molar-refractivity contribution is -0.0407. The van der Waals surface area contributed by atoms with Gasteiger partial charge in [0.2, 0.25) is 0 Å². The summed E-state index contributed by atoms with van der Waals surface area (Å²) in [6.07, 6.45) is 3.93. The highest BCUT2D eigenvalue weighted by atomic mass is 16.5. The van der Waals surface area contributed by atoms with E-state index in [4.69, 9.17) is 9.26 Å². The Morgan fingerprint density at radius 1 is 1.47 bits per heavy atom. The number of morpholine rings is 1. The molecule has 0 aliphatic carbocycles. The maximum absolute atomic E-state index is 5.78. The molecule has 0 saturated carbocycles. The van der Waals surface area contributed by atoms with Crippen molar-refractivity contribution in [3.8, 4) is 0 Å². The van der Waals surface area contributed by atoms with Crippen LogP contribution in [-0.2, 0) is 17.8 Å². The van der Waals surface area contributed by atoms with Gasteiger partial charge in [0.1, 0.15) is 5.76 Å². The highest BCUT2D eigenvalue weighted by molar-refractivity contribution is 5.03. The summed E-state index contributed by atoms with van der Waals surface area (Å²) < 4.78 is 12.8. The minimum absolute atomic E-state index is 0.182. The van der Waals surface area contributed by atoms with E-state index in [2.05, 4.69) is 15.2 Å². The lowest BCUT2D eigenvalue weighted by atomic mass is 10.2. The molecule has 2 aromatic rings. The smallest absolute Gasteiger partial charge is 0.133 e. The van der Waals surface area contributed by atoms with Gasteiger partial charge in [-0.05, 0) is 13.0 Å². The van der Waals surface area contributed by atoms with Gasteiger partial charge in [-0.1, -0.05) is 5.16 Å². The number of rotatable bonds is 4. The molecule has 0 aromatic carbocycles. The number of nitrogens with zero attached hydrogens (tertiary/aromatic N) is 4. The van der Waals surface area contributed by atoms with Crippen LogP contribution in [0.25, 0.3) is 0 Å². The van der Waals surface area contributed by atoms with Crippen molar-refractivity contribution in [2.24, 2.45) is 0 Å². The van der Waals surface area contributed by atoms with Gasteiger partial charge in [-0.15, -0.1) is 0 Å². The lowest BCUT2D eigenvalue weighted by Gasteiger charge is -2.32. The molecule has 19 heavy (non-hydrogen) atoms. The molecular weight excluding hydrogens is 244 g/mol. The summed E-state index contributed by atoms with van der Waals surface area (Å²) in [5.74, 6) is 0.858. The van der Waals surface area contributed by atoms with Crippen molar-refractivity contribution < 1.29 is 9.26 Å². The summed E-state index contributed by atoms with van der Waals surface area (Å²) in [5, 5.41) is 8.25. The molecule has 0 radical (unpaired) electrons. The van der Waals surface area contributed by atoms with Crippen molar-refractivity contribution in [3.05, 3.63) is 36.0 Å². The van der Waals surface area contributed by atoms with Crippen LogP contribution in [-0.4, -0.2) is 45.6 Å². The van der Waals surface area contributed by atoms with Crippen LogP contribution in [0.3, 0.4) is 0 Å². The molecule has 1 aliphatic rings. The van der Waals surface area contributed by atoms with Crippen LogP contribution in [0.4, 0.5) is 0 Å². The summed E-state index contributed by atoms with van der Waals surface area (Å²) >= 11 is 0. The fourth-order valence-corrected chi connectivity index (χ4v) is 2.37. The zero-order valence-corrected chi connectivity index (χ0v) is 11.0. The molecule has 2 aromatic heterocycles.